The van der Waals surface area contributed by atoms with Gasteiger partial charge in [-0.25, -0.2) is 4.39 Å². The van der Waals surface area contributed by atoms with Crippen molar-refractivity contribution in [2.24, 2.45) is 5.73 Å². The van der Waals surface area contributed by atoms with Crippen LogP contribution in [0.1, 0.15) is 11.6 Å². The molecule has 0 aromatic heterocycles. The summed E-state index contributed by atoms with van der Waals surface area (Å²) in [5.74, 6) is 0.0987. The Kier molecular flexibility index (Phi) is 2.85. The first-order chi connectivity index (χ1) is 5.24. The minimum Gasteiger partial charge on any atom is -0.323 e. The van der Waals surface area contributed by atoms with E-state index >= 15 is 0 Å². The van der Waals surface area contributed by atoms with Crippen LogP contribution in [0.25, 0.3) is 0 Å². The van der Waals surface area contributed by atoms with Gasteiger partial charge in [0.1, 0.15) is 5.82 Å². The SMILES string of the molecule is NC(CCl)c1ccc(F)cc1. The van der Waals surface area contributed by atoms with Gasteiger partial charge < -0.3 is 5.73 Å². The molecule has 0 saturated heterocycles. The Balaban J connectivity index is 2.81. The number of nitrogens with two attached hydrogens (primary N) is 1. The van der Waals surface area contributed by atoms with Crippen LogP contribution in [-0.2, 0) is 0 Å². The second-order valence-corrected chi connectivity index (χ2v) is 2.62. The van der Waals surface area contributed by atoms with Crippen molar-refractivity contribution in [2.45, 2.75) is 6.04 Å². The molecule has 1 nitrogen and oxygen atoms in total. The van der Waals surface area contributed by atoms with Crippen molar-refractivity contribution < 1.29 is 4.39 Å². The van der Waals surface area contributed by atoms with E-state index in [2.05, 4.69) is 0 Å². The summed E-state index contributed by atoms with van der Waals surface area (Å²) >= 11 is 5.51. The molecule has 1 aromatic rings. The maximum Gasteiger partial charge on any atom is 0.123 e. The lowest BCUT2D eigenvalue weighted by atomic mass is 10.1. The second-order valence-electron chi connectivity index (χ2n) is 2.31. The molecule has 0 heterocycles. The minimum absolute atomic E-state index is 0.197. The van der Waals surface area contributed by atoms with E-state index in [-0.39, 0.29) is 11.9 Å². The largest absolute Gasteiger partial charge is 0.323 e. The fourth-order valence-corrected chi connectivity index (χ4v) is 0.977. The molecule has 1 unspecified atom stereocenters. The lowest BCUT2D eigenvalue weighted by molar-refractivity contribution is 0.626. The van der Waals surface area contributed by atoms with Crippen molar-refractivity contribution in [3.63, 3.8) is 0 Å². The topological polar surface area (TPSA) is 26.0 Å². The van der Waals surface area contributed by atoms with Crippen molar-refractivity contribution in [1.82, 2.24) is 0 Å². The molecule has 1 atom stereocenters. The molecule has 0 saturated carbocycles. The van der Waals surface area contributed by atoms with E-state index < -0.39 is 0 Å². The first kappa shape index (κ1) is 8.50. The molecule has 0 aliphatic carbocycles. The first-order valence-corrected chi connectivity index (χ1v) is 3.84. The molecular formula is C8H9ClFN. The van der Waals surface area contributed by atoms with Crippen molar-refractivity contribution in [3.8, 4) is 0 Å². The normalized spacial score (nSPS) is 13.0. The summed E-state index contributed by atoms with van der Waals surface area (Å²) in [4.78, 5) is 0. The highest BCUT2D eigenvalue weighted by Crippen LogP contribution is 2.11. The molecule has 3 heteroatoms. The fourth-order valence-electron chi connectivity index (χ4n) is 0.799. The van der Waals surface area contributed by atoms with Gasteiger partial charge in [0.25, 0.3) is 0 Å². The molecule has 0 aliphatic heterocycles. The molecule has 0 spiro atoms. The fraction of sp³-hybridized carbons (Fsp3) is 0.250. The quantitative estimate of drug-likeness (QED) is 0.681. The Morgan fingerprint density at radius 2 is 1.91 bits per heavy atom. The minimum atomic E-state index is -0.254. The Labute approximate surface area is 70.0 Å². The van der Waals surface area contributed by atoms with E-state index in [1.807, 2.05) is 0 Å². The van der Waals surface area contributed by atoms with Gasteiger partial charge >= 0.3 is 0 Å². The van der Waals surface area contributed by atoms with Gasteiger partial charge in [-0.05, 0) is 17.7 Å². The molecular weight excluding hydrogens is 165 g/mol. The Bertz CT molecular complexity index is 222. The zero-order chi connectivity index (χ0) is 8.27. The summed E-state index contributed by atoms with van der Waals surface area (Å²) in [5, 5.41) is 0. The predicted octanol–water partition coefficient (Wildman–Crippen LogP) is 2.06. The number of hydrogen-bond acceptors (Lipinski definition) is 1. The van der Waals surface area contributed by atoms with E-state index in [1.54, 1.807) is 12.1 Å². The van der Waals surface area contributed by atoms with Gasteiger partial charge in [0.2, 0.25) is 0 Å². The zero-order valence-electron chi connectivity index (χ0n) is 5.93. The van der Waals surface area contributed by atoms with Crippen LogP contribution in [0.3, 0.4) is 0 Å². The lowest BCUT2D eigenvalue weighted by Crippen LogP contribution is -2.11. The van der Waals surface area contributed by atoms with Gasteiger partial charge in [-0.3, -0.25) is 0 Å². The van der Waals surface area contributed by atoms with E-state index in [0.717, 1.165) is 5.56 Å². The average Bonchev–Trinajstić information content (AvgIpc) is 2.05. The van der Waals surface area contributed by atoms with E-state index in [1.165, 1.54) is 12.1 Å². The molecule has 0 bridgehead atoms. The van der Waals surface area contributed by atoms with Crippen molar-refractivity contribution in [3.05, 3.63) is 35.6 Å². The van der Waals surface area contributed by atoms with Gasteiger partial charge in [-0.1, -0.05) is 12.1 Å². The van der Waals surface area contributed by atoms with Crippen LogP contribution in [0.5, 0.6) is 0 Å². The third kappa shape index (κ3) is 2.17. The van der Waals surface area contributed by atoms with E-state index in [0.29, 0.717) is 5.88 Å². The Morgan fingerprint density at radius 1 is 1.36 bits per heavy atom. The van der Waals surface area contributed by atoms with Gasteiger partial charge in [0.05, 0.1) is 0 Å². The number of benzene rings is 1. The van der Waals surface area contributed by atoms with Gasteiger partial charge in [-0.2, -0.15) is 0 Å². The third-order valence-electron chi connectivity index (χ3n) is 1.46. The summed E-state index contributed by atoms with van der Waals surface area (Å²) in [5.41, 5.74) is 6.45. The Morgan fingerprint density at radius 3 is 2.36 bits per heavy atom. The number of halogens is 2. The average molecular weight is 174 g/mol. The standard InChI is InChI=1S/C8H9ClFN/c9-5-8(11)6-1-3-7(10)4-2-6/h1-4,8H,5,11H2. The Hall–Kier alpha value is -0.600. The molecule has 0 fully saturated rings. The summed E-state index contributed by atoms with van der Waals surface area (Å²) in [6, 6.07) is 5.84. The monoisotopic (exact) mass is 173 g/mol. The number of hydrogen-bond donors (Lipinski definition) is 1. The summed E-state index contributed by atoms with van der Waals surface area (Å²) in [6.45, 7) is 0. The van der Waals surface area contributed by atoms with Crippen LogP contribution in [0.15, 0.2) is 24.3 Å². The smallest absolute Gasteiger partial charge is 0.123 e. The van der Waals surface area contributed by atoms with E-state index in [4.69, 9.17) is 17.3 Å². The van der Waals surface area contributed by atoms with Crippen molar-refractivity contribution in [2.75, 3.05) is 5.88 Å². The van der Waals surface area contributed by atoms with Gasteiger partial charge in [0.15, 0.2) is 0 Å². The molecule has 2 N–H and O–H groups in total. The van der Waals surface area contributed by atoms with Crippen LogP contribution in [0.4, 0.5) is 4.39 Å². The van der Waals surface area contributed by atoms with Crippen molar-refractivity contribution >= 4 is 11.6 Å². The summed E-state index contributed by atoms with van der Waals surface area (Å²) in [7, 11) is 0. The zero-order valence-corrected chi connectivity index (χ0v) is 6.68. The summed E-state index contributed by atoms with van der Waals surface area (Å²) < 4.78 is 12.4. The van der Waals surface area contributed by atoms with Crippen LogP contribution in [0, 0.1) is 5.82 Å². The van der Waals surface area contributed by atoms with Crippen LogP contribution >= 0.6 is 11.6 Å². The molecule has 11 heavy (non-hydrogen) atoms. The molecule has 1 aromatic carbocycles. The highest BCUT2D eigenvalue weighted by Gasteiger charge is 2.02. The number of alkyl halides is 1. The summed E-state index contributed by atoms with van der Waals surface area (Å²) in [6.07, 6.45) is 0. The first-order valence-electron chi connectivity index (χ1n) is 3.31. The maximum atomic E-state index is 12.4. The molecule has 60 valence electrons. The highest BCUT2D eigenvalue weighted by atomic mass is 35.5. The van der Waals surface area contributed by atoms with Crippen molar-refractivity contribution in [1.29, 1.82) is 0 Å². The van der Waals surface area contributed by atoms with Crippen LogP contribution < -0.4 is 5.73 Å². The van der Waals surface area contributed by atoms with Gasteiger partial charge in [0, 0.05) is 11.9 Å². The molecule has 0 amide bonds. The maximum absolute atomic E-state index is 12.4. The van der Waals surface area contributed by atoms with Crippen LogP contribution in [-0.4, -0.2) is 5.88 Å². The third-order valence-corrected chi connectivity index (χ3v) is 1.80. The van der Waals surface area contributed by atoms with Crippen LogP contribution in [0.2, 0.25) is 0 Å². The van der Waals surface area contributed by atoms with Gasteiger partial charge in [-0.15, -0.1) is 11.6 Å². The molecule has 0 aliphatic rings. The number of rotatable bonds is 2. The predicted molar refractivity (Wildman–Crippen MR) is 44.0 cm³/mol. The highest BCUT2D eigenvalue weighted by molar-refractivity contribution is 6.18. The van der Waals surface area contributed by atoms with E-state index in [9.17, 15) is 4.39 Å². The molecule has 0 radical (unpaired) electrons. The molecule has 1 rings (SSSR count). The lowest BCUT2D eigenvalue weighted by Gasteiger charge is -2.06. The second kappa shape index (κ2) is 3.69.